The second-order valence-corrected chi connectivity index (χ2v) is 21.8. The number of likely N-dealkylation sites (N-methyl/N-ethyl adjacent to an activating group) is 1. The van der Waals surface area contributed by atoms with Crippen LogP contribution >= 0.6 is 11.3 Å². The average Bonchev–Trinajstić information content (AvgIpc) is 4.08. The summed E-state index contributed by atoms with van der Waals surface area (Å²) >= 11 is 1.56. The van der Waals surface area contributed by atoms with E-state index in [1.165, 1.54) is 28.9 Å². The molecule has 2 aromatic heterocycles. The van der Waals surface area contributed by atoms with Gasteiger partial charge in [-0.2, -0.15) is 4.98 Å². The molecule has 0 bridgehead atoms. The number of nitrogens with one attached hydrogen (secondary N) is 3. The smallest absolute Gasteiger partial charge is 0.246 e. The third-order valence-corrected chi connectivity index (χ3v) is 15.0. The second kappa shape index (κ2) is 26.8. The largest absolute Gasteiger partial charge is 0.507 e. The highest BCUT2D eigenvalue weighted by Gasteiger charge is 2.45. The number of carbonyl (C=O) groups is 5. The summed E-state index contributed by atoms with van der Waals surface area (Å²) in [6, 6.07) is 10.9. The molecule has 23 heteroatoms. The molecule has 2 aliphatic rings. The first-order valence-electron chi connectivity index (χ1n) is 26.4. The number of aromatic hydroxyl groups is 1. The van der Waals surface area contributed by atoms with Crippen LogP contribution in [0.3, 0.4) is 0 Å². The van der Waals surface area contributed by atoms with Crippen molar-refractivity contribution in [2.75, 3.05) is 103 Å². The van der Waals surface area contributed by atoms with Crippen molar-refractivity contribution < 1.29 is 57.2 Å². The minimum Gasteiger partial charge on any atom is -0.507 e. The quantitative estimate of drug-likeness (QED) is 0.0517. The molecule has 4 heterocycles. The fourth-order valence-electron chi connectivity index (χ4n) is 9.58. The molecule has 5 N–H and O–H groups in total. The topological polar surface area (TPSA) is 241 Å². The molecule has 0 unspecified atom stereocenters. The van der Waals surface area contributed by atoms with Crippen molar-refractivity contribution in [2.24, 2.45) is 5.41 Å². The van der Waals surface area contributed by atoms with Crippen LogP contribution in [-0.2, 0) is 38.2 Å². The number of piperazine rings is 1. The fraction of sp³-hybridized carbons (Fsp3) is 0.500. The first kappa shape index (κ1) is 59.7. The van der Waals surface area contributed by atoms with Gasteiger partial charge in [0.15, 0.2) is 5.82 Å². The molecular formula is C56H72F2N10O10S. The summed E-state index contributed by atoms with van der Waals surface area (Å²) in [7, 11) is 1.64. The van der Waals surface area contributed by atoms with Crippen molar-refractivity contribution in [2.45, 2.75) is 85.5 Å². The van der Waals surface area contributed by atoms with Crippen LogP contribution in [0.2, 0.25) is 0 Å². The van der Waals surface area contributed by atoms with E-state index in [1.54, 1.807) is 62.6 Å². The SMILES string of the molecule is CC(=O)N1CCN(c2nc(NCCC(=O)N(C)CCOCCOCCOCC(=O)N[C@H](C(=O)N3C[C@H](O)C[C@H]3C(=O)N[C@@H](C)c3ccc(-c4scnc4C)cc3)C(C)(C)C)nc3c(F)c(-c4c(O)cccc4F)c(C)cc23)CC1. The summed E-state index contributed by atoms with van der Waals surface area (Å²) < 4.78 is 48.4. The van der Waals surface area contributed by atoms with Crippen molar-refractivity contribution in [1.82, 2.24) is 40.3 Å². The Hall–Kier alpha value is -6.92. The van der Waals surface area contributed by atoms with Gasteiger partial charge in [-0.15, -0.1) is 11.3 Å². The monoisotopic (exact) mass is 1110 g/mol. The summed E-state index contributed by atoms with van der Waals surface area (Å²) in [5.41, 5.74) is 3.75. The van der Waals surface area contributed by atoms with Gasteiger partial charge >= 0.3 is 0 Å². The number of rotatable bonds is 23. The molecule has 2 saturated heterocycles. The zero-order valence-corrected chi connectivity index (χ0v) is 46.9. The Morgan fingerprint density at radius 1 is 0.911 bits per heavy atom. The van der Waals surface area contributed by atoms with Crippen molar-refractivity contribution >= 4 is 63.5 Å². The van der Waals surface area contributed by atoms with E-state index in [2.05, 4.69) is 25.9 Å². The molecule has 4 atom stereocenters. The lowest BCUT2D eigenvalue weighted by atomic mass is 9.85. The third kappa shape index (κ3) is 15.1. The number of benzene rings is 3. The predicted octanol–water partition coefficient (Wildman–Crippen LogP) is 5.37. The number of aryl methyl sites for hydroxylation is 2. The number of aliphatic hydroxyl groups is 1. The van der Waals surface area contributed by atoms with Crippen LogP contribution in [0.4, 0.5) is 20.5 Å². The first-order valence-corrected chi connectivity index (χ1v) is 27.3. The van der Waals surface area contributed by atoms with Gasteiger partial charge in [-0.25, -0.2) is 18.7 Å². The molecule has 5 amide bonds. The highest BCUT2D eigenvalue weighted by molar-refractivity contribution is 7.13. The van der Waals surface area contributed by atoms with Gasteiger partial charge in [-0.1, -0.05) is 51.1 Å². The van der Waals surface area contributed by atoms with Crippen molar-refractivity contribution in [1.29, 1.82) is 0 Å². The Morgan fingerprint density at radius 2 is 1.59 bits per heavy atom. The highest BCUT2D eigenvalue weighted by Crippen LogP contribution is 2.40. The maximum atomic E-state index is 16.6. The number of hydrogen-bond acceptors (Lipinski definition) is 16. The molecule has 2 fully saturated rings. The zero-order valence-electron chi connectivity index (χ0n) is 46.1. The molecule has 3 aromatic carbocycles. The van der Waals surface area contributed by atoms with E-state index >= 15 is 8.78 Å². The van der Waals surface area contributed by atoms with Gasteiger partial charge in [0, 0.05) is 83.6 Å². The second-order valence-electron chi connectivity index (χ2n) is 20.9. The molecule has 426 valence electrons. The number of fused-ring (bicyclic) bond motifs is 1. The van der Waals surface area contributed by atoms with E-state index in [0.29, 0.717) is 42.9 Å². The number of aliphatic hydroxyl groups excluding tert-OH is 1. The van der Waals surface area contributed by atoms with E-state index < -0.39 is 58.7 Å². The van der Waals surface area contributed by atoms with Crippen molar-refractivity contribution in [3.05, 3.63) is 82.5 Å². The molecule has 7 rings (SSSR count). The maximum absolute atomic E-state index is 16.6. The number of hydrogen-bond donors (Lipinski definition) is 5. The predicted molar refractivity (Wildman–Crippen MR) is 295 cm³/mol. The first-order chi connectivity index (χ1) is 37.6. The van der Waals surface area contributed by atoms with Crippen LogP contribution in [0.5, 0.6) is 5.75 Å². The van der Waals surface area contributed by atoms with E-state index in [1.807, 2.05) is 43.0 Å². The molecule has 79 heavy (non-hydrogen) atoms. The molecule has 0 aliphatic carbocycles. The van der Waals surface area contributed by atoms with Gasteiger partial charge < -0.3 is 60.0 Å². The number of anilines is 2. The fourth-order valence-corrected chi connectivity index (χ4v) is 10.4. The van der Waals surface area contributed by atoms with Gasteiger partial charge in [-0.3, -0.25) is 24.0 Å². The molecule has 0 spiro atoms. The number of phenols is 1. The van der Waals surface area contributed by atoms with Crippen LogP contribution in [0.1, 0.15) is 70.3 Å². The van der Waals surface area contributed by atoms with Crippen LogP contribution in [0.25, 0.3) is 32.5 Å². The highest BCUT2D eigenvalue weighted by atomic mass is 32.1. The molecule has 2 aliphatic heterocycles. The number of aromatic nitrogens is 3. The number of nitrogens with zero attached hydrogens (tertiary/aromatic N) is 7. The van der Waals surface area contributed by atoms with E-state index in [-0.39, 0.29) is 113 Å². The van der Waals surface area contributed by atoms with Gasteiger partial charge in [0.1, 0.15) is 41.6 Å². The Bertz CT molecular complexity index is 2950. The van der Waals surface area contributed by atoms with Crippen LogP contribution in [0.15, 0.2) is 54.0 Å². The van der Waals surface area contributed by atoms with E-state index in [0.717, 1.165) is 27.8 Å². The lowest BCUT2D eigenvalue weighted by molar-refractivity contribution is -0.144. The van der Waals surface area contributed by atoms with Gasteiger partial charge in [0.05, 0.1) is 66.8 Å². The summed E-state index contributed by atoms with van der Waals surface area (Å²) in [5, 5.41) is 30.4. The minimum absolute atomic E-state index is 0.0386. The summed E-state index contributed by atoms with van der Waals surface area (Å²) in [6.07, 6.45) is -0.816. The number of carbonyl (C=O) groups excluding carboxylic acids is 5. The number of halogens is 2. The van der Waals surface area contributed by atoms with E-state index in [4.69, 9.17) is 19.2 Å². The number of phenolic OH excluding ortho intramolecular Hbond substituents is 1. The number of amides is 5. The summed E-state index contributed by atoms with van der Waals surface area (Å²) in [4.78, 5) is 87.1. The van der Waals surface area contributed by atoms with Gasteiger partial charge in [-0.05, 0) is 61.1 Å². The van der Waals surface area contributed by atoms with Gasteiger partial charge in [0.2, 0.25) is 35.5 Å². The molecular weight excluding hydrogens is 1040 g/mol. The van der Waals surface area contributed by atoms with Crippen LogP contribution < -0.4 is 20.9 Å². The van der Waals surface area contributed by atoms with Crippen molar-refractivity contribution in [3.63, 3.8) is 0 Å². The molecule has 0 radical (unpaired) electrons. The Morgan fingerprint density at radius 3 is 2.24 bits per heavy atom. The summed E-state index contributed by atoms with van der Waals surface area (Å²) in [6.45, 7) is 14.9. The van der Waals surface area contributed by atoms with Gasteiger partial charge in [0.25, 0.3) is 0 Å². The van der Waals surface area contributed by atoms with Crippen LogP contribution in [-0.4, -0.2) is 180 Å². The lowest BCUT2D eigenvalue weighted by Crippen LogP contribution is -2.58. The minimum atomic E-state index is -1.02. The Labute approximate surface area is 462 Å². The number of β-amino-alcohol motifs (C(OH)–C–C–N with tert-alkyl or cyclic N) is 1. The Balaban J connectivity index is 0.808. The number of likely N-dealkylation sites (tertiary alicyclic amines) is 1. The van der Waals surface area contributed by atoms with Crippen LogP contribution in [0, 0.1) is 30.9 Å². The standard InChI is InChI=1S/C56H72F2N10O10S/c1-33-28-40-49(48(58)46(33)47-41(57)10-9-11-43(47)71)63-55(64-52(40)67-20-18-66(19-21-67)36(4)69)59-17-16-45(73)65(8)22-23-76-24-25-77-26-27-78-31-44(72)62-51(56(5,6)7)54(75)68-30-39(70)29-42(68)53(74)61-34(2)37-12-14-38(15-13-37)50-35(3)60-32-79-50/h9-15,28,32,34,39,42,51,70-71H,16-27,29-31H2,1-8H3,(H,61,74)(H,62,72)(H,59,63,64)/t34-,39+,42-,51+/m0/s1. The third-order valence-electron chi connectivity index (χ3n) is 14.0. The average molecular weight is 1120 g/mol. The molecule has 0 saturated carbocycles. The zero-order chi connectivity index (χ0) is 57.1. The van der Waals surface area contributed by atoms with E-state index in [9.17, 15) is 34.2 Å². The Kier molecular flexibility index (Phi) is 20.3. The number of ether oxygens (including phenoxy) is 3. The summed E-state index contributed by atoms with van der Waals surface area (Å²) in [5.74, 6) is -3.29. The molecule has 20 nitrogen and oxygen atoms in total. The molecule has 5 aromatic rings. The normalized spacial score (nSPS) is 16.5. The van der Waals surface area contributed by atoms with Crippen molar-refractivity contribution in [3.8, 4) is 27.3 Å². The number of thiazole rings is 1. The lowest BCUT2D eigenvalue weighted by Gasteiger charge is -2.35. The maximum Gasteiger partial charge on any atom is 0.246 e.